The number of halogens is 1. The molecule has 1 amide bonds. The molecule has 0 atom stereocenters. The summed E-state index contributed by atoms with van der Waals surface area (Å²) in [5, 5.41) is 2.48. The predicted molar refractivity (Wildman–Crippen MR) is 81.8 cm³/mol. The van der Waals surface area contributed by atoms with Crippen molar-refractivity contribution in [1.29, 1.82) is 0 Å². The molecular weight excluding hydrogens is 341 g/mol. The SMILES string of the molecule is O=C(Nc1cncc(OS(=O)(=O)F)c1)c1ccc(=O)n(C2CC2)c1. The van der Waals surface area contributed by atoms with Crippen LogP contribution in [-0.2, 0) is 10.5 Å². The summed E-state index contributed by atoms with van der Waals surface area (Å²) in [4.78, 5) is 27.6. The third-order valence-electron chi connectivity index (χ3n) is 3.31. The van der Waals surface area contributed by atoms with Crippen molar-refractivity contribution >= 4 is 22.1 Å². The number of pyridine rings is 2. The average molecular weight is 353 g/mol. The highest BCUT2D eigenvalue weighted by Gasteiger charge is 2.25. The van der Waals surface area contributed by atoms with Crippen LogP contribution in [0.25, 0.3) is 0 Å². The molecule has 0 saturated heterocycles. The number of aromatic nitrogens is 2. The first-order chi connectivity index (χ1) is 11.3. The van der Waals surface area contributed by atoms with Crippen LogP contribution >= 0.6 is 0 Å². The molecule has 0 unspecified atom stereocenters. The molecule has 3 rings (SSSR count). The molecular formula is C14H12FN3O5S. The van der Waals surface area contributed by atoms with Crippen LogP contribution in [0.3, 0.4) is 0 Å². The van der Waals surface area contributed by atoms with Crippen LogP contribution in [0.4, 0.5) is 9.57 Å². The minimum absolute atomic E-state index is 0.116. The summed E-state index contributed by atoms with van der Waals surface area (Å²) in [5.74, 6) is -0.898. The molecule has 126 valence electrons. The molecule has 10 heteroatoms. The molecule has 2 aromatic rings. The van der Waals surface area contributed by atoms with Gasteiger partial charge in [0.15, 0.2) is 5.75 Å². The minimum atomic E-state index is -5.18. The zero-order valence-electron chi connectivity index (χ0n) is 12.2. The Morgan fingerprint density at radius 1 is 1.33 bits per heavy atom. The Bertz CT molecular complexity index is 953. The lowest BCUT2D eigenvalue weighted by molar-refractivity contribution is 0.102. The van der Waals surface area contributed by atoms with E-state index in [-0.39, 0.29) is 28.6 Å². The molecule has 1 aliphatic rings. The molecule has 2 aromatic heterocycles. The van der Waals surface area contributed by atoms with Gasteiger partial charge in [0.05, 0.1) is 23.6 Å². The Labute approximate surface area is 136 Å². The van der Waals surface area contributed by atoms with Gasteiger partial charge in [0.1, 0.15) is 0 Å². The summed E-state index contributed by atoms with van der Waals surface area (Å²) in [6.07, 6.45) is 5.49. The summed E-state index contributed by atoms with van der Waals surface area (Å²) in [6, 6.07) is 3.93. The number of amides is 1. The highest BCUT2D eigenvalue weighted by atomic mass is 32.3. The standard InChI is InChI=1S/C14H12FN3O5S/c15-24(21,22)23-12-5-10(6-16-7-12)17-14(20)9-1-4-13(19)18(8-9)11-2-3-11/h1,4-8,11H,2-3H2,(H,17,20). The van der Waals surface area contributed by atoms with Gasteiger partial charge in [-0.25, -0.2) is 0 Å². The second kappa shape index (κ2) is 6.04. The van der Waals surface area contributed by atoms with Crippen molar-refractivity contribution in [3.8, 4) is 5.75 Å². The second-order valence-corrected chi connectivity index (χ2v) is 6.19. The van der Waals surface area contributed by atoms with E-state index in [9.17, 15) is 21.9 Å². The summed E-state index contributed by atoms with van der Waals surface area (Å²) in [7, 11) is -5.18. The van der Waals surface area contributed by atoms with Crippen molar-refractivity contribution in [3.05, 3.63) is 52.7 Å². The van der Waals surface area contributed by atoms with Crippen molar-refractivity contribution in [2.24, 2.45) is 0 Å². The third kappa shape index (κ3) is 3.96. The molecule has 1 N–H and O–H groups in total. The molecule has 0 radical (unpaired) electrons. The van der Waals surface area contributed by atoms with Crippen LogP contribution in [-0.4, -0.2) is 23.9 Å². The quantitative estimate of drug-likeness (QED) is 0.815. The molecule has 1 fully saturated rings. The largest absolute Gasteiger partial charge is 0.488 e. The van der Waals surface area contributed by atoms with Crippen molar-refractivity contribution in [1.82, 2.24) is 9.55 Å². The number of anilines is 1. The van der Waals surface area contributed by atoms with Gasteiger partial charge >= 0.3 is 10.5 Å². The third-order valence-corrected chi connectivity index (χ3v) is 3.70. The van der Waals surface area contributed by atoms with E-state index in [0.717, 1.165) is 25.1 Å². The molecule has 0 aromatic carbocycles. The van der Waals surface area contributed by atoms with Gasteiger partial charge in [0.2, 0.25) is 0 Å². The maximum absolute atomic E-state index is 12.5. The van der Waals surface area contributed by atoms with Crippen LogP contribution in [0.1, 0.15) is 29.2 Å². The van der Waals surface area contributed by atoms with Gasteiger partial charge in [-0.05, 0) is 18.9 Å². The zero-order valence-corrected chi connectivity index (χ0v) is 13.0. The monoisotopic (exact) mass is 353 g/mol. The molecule has 24 heavy (non-hydrogen) atoms. The van der Waals surface area contributed by atoms with E-state index in [0.29, 0.717) is 0 Å². The fraction of sp³-hybridized carbons (Fsp3) is 0.214. The Morgan fingerprint density at radius 3 is 2.75 bits per heavy atom. The topological polar surface area (TPSA) is 107 Å². The summed E-state index contributed by atoms with van der Waals surface area (Å²) in [6.45, 7) is 0. The Kier molecular flexibility index (Phi) is 4.06. The Morgan fingerprint density at radius 2 is 2.08 bits per heavy atom. The molecule has 1 aliphatic carbocycles. The van der Waals surface area contributed by atoms with Crippen molar-refractivity contribution in [3.63, 3.8) is 0 Å². The van der Waals surface area contributed by atoms with Gasteiger partial charge in [-0.1, -0.05) is 3.89 Å². The molecule has 1 saturated carbocycles. The maximum atomic E-state index is 12.5. The number of nitrogens with one attached hydrogen (secondary N) is 1. The van der Waals surface area contributed by atoms with Crippen molar-refractivity contribution in [2.45, 2.75) is 18.9 Å². The fourth-order valence-electron chi connectivity index (χ4n) is 2.13. The molecule has 0 bridgehead atoms. The maximum Gasteiger partial charge on any atom is 0.488 e. The average Bonchev–Trinajstić information content (AvgIpc) is 3.30. The number of carbonyl (C=O) groups is 1. The van der Waals surface area contributed by atoms with E-state index in [1.165, 1.54) is 29.1 Å². The molecule has 0 aliphatic heterocycles. The van der Waals surface area contributed by atoms with Crippen LogP contribution in [0.2, 0.25) is 0 Å². The normalized spacial score (nSPS) is 14.2. The van der Waals surface area contributed by atoms with Gasteiger partial charge in [-0.3, -0.25) is 14.6 Å². The smallest absolute Gasteiger partial charge is 0.357 e. The molecule has 8 nitrogen and oxygen atoms in total. The van der Waals surface area contributed by atoms with E-state index in [4.69, 9.17) is 0 Å². The van der Waals surface area contributed by atoms with Gasteiger partial charge in [-0.2, -0.15) is 8.42 Å². The fourth-order valence-corrected chi connectivity index (χ4v) is 2.45. The van der Waals surface area contributed by atoms with Gasteiger partial charge in [0.25, 0.3) is 11.5 Å². The second-order valence-electron chi connectivity index (χ2n) is 5.23. The minimum Gasteiger partial charge on any atom is -0.357 e. The van der Waals surface area contributed by atoms with E-state index >= 15 is 0 Å². The van der Waals surface area contributed by atoms with E-state index in [1.807, 2.05) is 0 Å². The first-order valence-corrected chi connectivity index (χ1v) is 8.25. The van der Waals surface area contributed by atoms with Gasteiger partial charge < -0.3 is 14.1 Å². The lowest BCUT2D eigenvalue weighted by Gasteiger charge is -2.08. The Balaban J connectivity index is 1.79. The van der Waals surface area contributed by atoms with Crippen LogP contribution in [0.15, 0.2) is 41.6 Å². The lowest BCUT2D eigenvalue weighted by atomic mass is 10.2. The summed E-state index contributed by atoms with van der Waals surface area (Å²) in [5.41, 5.74) is 0.190. The van der Waals surface area contributed by atoms with Crippen LogP contribution in [0, 0.1) is 0 Å². The molecule has 0 spiro atoms. The number of rotatable bonds is 5. The zero-order chi connectivity index (χ0) is 17.3. The molecule has 2 heterocycles. The van der Waals surface area contributed by atoms with E-state index in [1.54, 1.807) is 0 Å². The highest BCUT2D eigenvalue weighted by Crippen LogP contribution is 2.33. The summed E-state index contributed by atoms with van der Waals surface area (Å²) >= 11 is 0. The lowest BCUT2D eigenvalue weighted by Crippen LogP contribution is -2.21. The highest BCUT2D eigenvalue weighted by molar-refractivity contribution is 7.81. The van der Waals surface area contributed by atoms with Crippen molar-refractivity contribution in [2.75, 3.05) is 5.32 Å². The van der Waals surface area contributed by atoms with E-state index < -0.39 is 16.4 Å². The van der Waals surface area contributed by atoms with Gasteiger partial charge in [-0.15, -0.1) is 0 Å². The number of hydrogen-bond donors (Lipinski definition) is 1. The van der Waals surface area contributed by atoms with Crippen LogP contribution < -0.4 is 15.1 Å². The number of nitrogens with zero attached hydrogens (tertiary/aromatic N) is 2. The van der Waals surface area contributed by atoms with E-state index in [2.05, 4.69) is 14.5 Å². The van der Waals surface area contributed by atoms with Crippen molar-refractivity contribution < 1.29 is 21.3 Å². The summed E-state index contributed by atoms with van der Waals surface area (Å²) < 4.78 is 39.0. The van der Waals surface area contributed by atoms with Crippen LogP contribution in [0.5, 0.6) is 5.75 Å². The number of hydrogen-bond acceptors (Lipinski definition) is 6. The first-order valence-electron chi connectivity index (χ1n) is 6.94. The number of carbonyl (C=O) groups excluding carboxylic acids is 1. The first kappa shape index (κ1) is 16.1. The Hall–Kier alpha value is -2.75. The predicted octanol–water partition coefficient (Wildman–Crippen LogP) is 1.42. The van der Waals surface area contributed by atoms with Gasteiger partial charge in [0, 0.05) is 24.4 Å².